The average Bonchev–Trinajstić information content (AvgIpc) is 3.11. The van der Waals surface area contributed by atoms with Gasteiger partial charge < -0.3 is 9.88 Å². The van der Waals surface area contributed by atoms with Gasteiger partial charge in [0.2, 0.25) is 5.91 Å². The van der Waals surface area contributed by atoms with E-state index in [-0.39, 0.29) is 11.7 Å². The first-order chi connectivity index (χ1) is 13.1. The van der Waals surface area contributed by atoms with Gasteiger partial charge in [-0.15, -0.1) is 11.8 Å². The fourth-order valence-corrected chi connectivity index (χ4v) is 4.52. The Morgan fingerprint density at radius 3 is 2.70 bits per heavy atom. The van der Waals surface area contributed by atoms with E-state index in [4.69, 9.17) is 0 Å². The number of rotatable bonds is 4. The highest BCUT2D eigenvalue weighted by molar-refractivity contribution is 8.00. The van der Waals surface area contributed by atoms with Crippen LogP contribution in [0.1, 0.15) is 24.3 Å². The summed E-state index contributed by atoms with van der Waals surface area (Å²) < 4.78 is 26.7. The van der Waals surface area contributed by atoms with Gasteiger partial charge in [0.05, 0.1) is 5.75 Å². The maximum Gasteiger partial charge on any atom is 0.232 e. The van der Waals surface area contributed by atoms with Crippen molar-refractivity contribution in [3.63, 3.8) is 0 Å². The van der Waals surface area contributed by atoms with E-state index in [1.807, 2.05) is 17.0 Å². The summed E-state index contributed by atoms with van der Waals surface area (Å²) in [6.45, 7) is 1.41. The highest BCUT2D eigenvalue weighted by atomic mass is 32.2. The second-order valence-corrected chi connectivity index (χ2v) is 7.83. The Morgan fingerprint density at radius 1 is 1.15 bits per heavy atom. The molecule has 0 saturated carbocycles. The van der Waals surface area contributed by atoms with Gasteiger partial charge in [0.15, 0.2) is 0 Å². The molecule has 6 heteroatoms. The van der Waals surface area contributed by atoms with Gasteiger partial charge in [-0.05, 0) is 42.5 Å². The van der Waals surface area contributed by atoms with Crippen LogP contribution in [0.2, 0.25) is 0 Å². The van der Waals surface area contributed by atoms with E-state index in [9.17, 15) is 13.6 Å². The Labute approximate surface area is 160 Å². The second-order valence-electron chi connectivity index (χ2n) is 6.81. The van der Waals surface area contributed by atoms with Crippen molar-refractivity contribution in [2.45, 2.75) is 23.7 Å². The zero-order valence-electron chi connectivity index (χ0n) is 14.8. The lowest BCUT2D eigenvalue weighted by Gasteiger charge is -2.32. The van der Waals surface area contributed by atoms with Crippen molar-refractivity contribution in [3.05, 3.63) is 65.9 Å². The van der Waals surface area contributed by atoms with Crippen LogP contribution >= 0.6 is 11.8 Å². The third kappa shape index (κ3) is 3.86. The standard InChI is InChI=1S/C21H20F2N2OS/c22-15-5-6-20(18(23)11-15)27-13-21(26)25-9-7-14(8-10-25)17-12-24-19-4-2-1-3-16(17)19/h1-6,11-12,14,24H,7-10,13H2. The van der Waals surface area contributed by atoms with Crippen molar-refractivity contribution in [3.8, 4) is 0 Å². The predicted molar refractivity (Wildman–Crippen MR) is 104 cm³/mol. The van der Waals surface area contributed by atoms with Gasteiger partial charge in [-0.3, -0.25) is 4.79 Å². The molecule has 1 aliphatic rings. The first-order valence-electron chi connectivity index (χ1n) is 9.03. The lowest BCUT2D eigenvalue weighted by atomic mass is 9.89. The monoisotopic (exact) mass is 386 g/mol. The number of para-hydroxylation sites is 1. The van der Waals surface area contributed by atoms with Crippen LogP contribution in [0.25, 0.3) is 10.9 Å². The number of thioether (sulfide) groups is 1. The van der Waals surface area contributed by atoms with Crippen molar-refractivity contribution in [1.82, 2.24) is 9.88 Å². The molecule has 1 fully saturated rings. The highest BCUT2D eigenvalue weighted by Gasteiger charge is 2.25. The predicted octanol–water partition coefficient (Wildman–Crippen LogP) is 4.94. The summed E-state index contributed by atoms with van der Waals surface area (Å²) >= 11 is 1.12. The molecular formula is C21H20F2N2OS. The van der Waals surface area contributed by atoms with Crippen molar-refractivity contribution in [1.29, 1.82) is 0 Å². The molecule has 0 atom stereocenters. The van der Waals surface area contributed by atoms with E-state index in [2.05, 4.69) is 23.3 Å². The van der Waals surface area contributed by atoms with Crippen molar-refractivity contribution in [2.75, 3.05) is 18.8 Å². The van der Waals surface area contributed by atoms with Gasteiger partial charge in [-0.2, -0.15) is 0 Å². The Bertz CT molecular complexity index is 964. The smallest absolute Gasteiger partial charge is 0.232 e. The number of likely N-dealkylation sites (tertiary alicyclic amines) is 1. The molecule has 4 rings (SSSR count). The fourth-order valence-electron chi connectivity index (χ4n) is 3.69. The van der Waals surface area contributed by atoms with Crippen LogP contribution in [0.15, 0.2) is 53.6 Å². The van der Waals surface area contributed by atoms with Gasteiger partial charge >= 0.3 is 0 Å². The van der Waals surface area contributed by atoms with Crippen LogP contribution in [0.5, 0.6) is 0 Å². The van der Waals surface area contributed by atoms with E-state index >= 15 is 0 Å². The molecule has 3 nitrogen and oxygen atoms in total. The second kappa shape index (κ2) is 7.72. The quantitative estimate of drug-likeness (QED) is 0.645. The van der Waals surface area contributed by atoms with Crippen molar-refractivity contribution < 1.29 is 13.6 Å². The Morgan fingerprint density at radius 2 is 1.93 bits per heavy atom. The van der Waals surface area contributed by atoms with E-state index in [1.54, 1.807) is 0 Å². The van der Waals surface area contributed by atoms with Gasteiger partial charge in [-0.25, -0.2) is 8.78 Å². The molecule has 0 aliphatic carbocycles. The molecule has 1 amide bonds. The molecule has 1 aromatic heterocycles. The third-order valence-corrected chi connectivity index (χ3v) is 6.19. The van der Waals surface area contributed by atoms with Gasteiger partial charge in [0.25, 0.3) is 0 Å². The third-order valence-electron chi connectivity index (χ3n) is 5.15. The molecular weight excluding hydrogens is 366 g/mol. The fraction of sp³-hybridized carbons (Fsp3) is 0.286. The minimum absolute atomic E-state index is 0.00102. The Hall–Kier alpha value is -2.34. The average molecular weight is 386 g/mol. The minimum Gasteiger partial charge on any atom is -0.361 e. The summed E-state index contributed by atoms with van der Waals surface area (Å²) in [5, 5.41) is 1.25. The highest BCUT2D eigenvalue weighted by Crippen LogP contribution is 2.33. The number of aromatic nitrogens is 1. The number of halogens is 2. The maximum atomic E-state index is 13.7. The number of hydrogen-bond acceptors (Lipinski definition) is 2. The molecule has 3 aromatic rings. The lowest BCUT2D eigenvalue weighted by molar-refractivity contribution is -0.129. The molecule has 1 saturated heterocycles. The van der Waals surface area contributed by atoms with E-state index in [0.29, 0.717) is 23.9 Å². The van der Waals surface area contributed by atoms with Crippen LogP contribution < -0.4 is 0 Å². The Kier molecular flexibility index (Phi) is 5.16. The van der Waals surface area contributed by atoms with Crippen LogP contribution in [0.3, 0.4) is 0 Å². The molecule has 0 bridgehead atoms. The van der Waals surface area contributed by atoms with Crippen molar-refractivity contribution in [2.24, 2.45) is 0 Å². The molecule has 0 radical (unpaired) electrons. The van der Waals surface area contributed by atoms with Crippen LogP contribution in [0.4, 0.5) is 8.78 Å². The molecule has 2 heterocycles. The van der Waals surface area contributed by atoms with E-state index in [1.165, 1.54) is 23.1 Å². The van der Waals surface area contributed by atoms with Crippen LogP contribution in [-0.2, 0) is 4.79 Å². The van der Waals surface area contributed by atoms with Gasteiger partial charge in [-0.1, -0.05) is 18.2 Å². The number of piperidine rings is 1. The van der Waals surface area contributed by atoms with Gasteiger partial charge in [0.1, 0.15) is 11.6 Å². The summed E-state index contributed by atoms with van der Waals surface area (Å²) in [7, 11) is 0. The number of carbonyl (C=O) groups is 1. The number of aromatic amines is 1. The number of amides is 1. The number of fused-ring (bicyclic) bond motifs is 1. The van der Waals surface area contributed by atoms with Gasteiger partial charge in [0, 0.05) is 41.2 Å². The van der Waals surface area contributed by atoms with Crippen LogP contribution in [0, 0.1) is 11.6 Å². The summed E-state index contributed by atoms with van der Waals surface area (Å²) in [5.74, 6) is -0.623. The maximum absolute atomic E-state index is 13.7. The number of nitrogens with one attached hydrogen (secondary N) is 1. The molecule has 0 spiro atoms. The molecule has 27 heavy (non-hydrogen) atoms. The number of carbonyl (C=O) groups excluding carboxylic acids is 1. The topological polar surface area (TPSA) is 36.1 Å². The zero-order valence-corrected chi connectivity index (χ0v) is 15.6. The molecule has 1 aliphatic heterocycles. The summed E-state index contributed by atoms with van der Waals surface area (Å²) in [6.07, 6.45) is 3.92. The van der Waals surface area contributed by atoms with Crippen molar-refractivity contribution >= 4 is 28.6 Å². The van der Waals surface area contributed by atoms with E-state index < -0.39 is 11.6 Å². The SMILES string of the molecule is O=C(CSc1ccc(F)cc1F)N1CCC(c2c[nH]c3ccccc23)CC1. The summed E-state index contributed by atoms with van der Waals surface area (Å²) in [5.41, 5.74) is 2.46. The van der Waals surface area contributed by atoms with Crippen LogP contribution in [-0.4, -0.2) is 34.6 Å². The summed E-state index contributed by atoms with van der Waals surface area (Å²) in [4.78, 5) is 17.9. The van der Waals surface area contributed by atoms with E-state index in [0.717, 1.165) is 36.2 Å². The molecule has 1 N–H and O–H groups in total. The first kappa shape index (κ1) is 18.0. The minimum atomic E-state index is -0.620. The number of H-pyrrole nitrogens is 1. The number of benzene rings is 2. The Balaban J connectivity index is 1.34. The number of hydrogen-bond donors (Lipinski definition) is 1. The molecule has 0 unspecified atom stereocenters. The largest absolute Gasteiger partial charge is 0.361 e. The first-order valence-corrected chi connectivity index (χ1v) is 10.0. The molecule has 140 valence electrons. The number of nitrogens with zero attached hydrogens (tertiary/aromatic N) is 1. The molecule has 2 aromatic carbocycles. The zero-order chi connectivity index (χ0) is 18.8. The lowest BCUT2D eigenvalue weighted by Crippen LogP contribution is -2.38. The summed E-state index contributed by atoms with van der Waals surface area (Å²) in [6, 6.07) is 11.7. The normalized spacial score (nSPS) is 15.4.